The second-order valence-electron chi connectivity index (χ2n) is 8.97. The molecular weight excluding hydrogens is 496 g/mol. The molecule has 1 saturated carbocycles. The number of nitrogens with zero attached hydrogens (tertiary/aromatic N) is 1. The van der Waals surface area contributed by atoms with E-state index in [0.717, 1.165) is 12.1 Å². The Labute approximate surface area is 201 Å². The molecule has 1 aromatic heterocycles. The van der Waals surface area contributed by atoms with Crippen LogP contribution in [0.1, 0.15) is 41.7 Å². The van der Waals surface area contributed by atoms with Gasteiger partial charge >= 0.3 is 12.5 Å². The summed E-state index contributed by atoms with van der Waals surface area (Å²) in [6.07, 6.45) is -8.32. The fourth-order valence-corrected chi connectivity index (χ4v) is 4.26. The molecule has 0 bridgehead atoms. The van der Waals surface area contributed by atoms with E-state index in [0.29, 0.717) is 25.7 Å². The molecule has 196 valence electrons. The largest absolute Gasteiger partial charge is 0.522 e. The molecule has 0 unspecified atom stereocenters. The molecule has 2 heterocycles. The minimum atomic E-state index is -4.67. The third-order valence-electron chi connectivity index (χ3n) is 6.22. The highest BCUT2D eigenvalue weighted by Crippen LogP contribution is 2.32. The van der Waals surface area contributed by atoms with E-state index in [1.165, 1.54) is 18.2 Å². The van der Waals surface area contributed by atoms with Crippen LogP contribution in [0.15, 0.2) is 30.3 Å². The van der Waals surface area contributed by atoms with Gasteiger partial charge in [0.05, 0.1) is 30.3 Å². The third-order valence-corrected chi connectivity index (χ3v) is 6.22. The van der Waals surface area contributed by atoms with Crippen molar-refractivity contribution in [2.24, 2.45) is 5.92 Å². The standard InChI is InChI=1S/C23H23F6N3O4/c24-22(25,26)14-2-5-17-13(9-14)1-4-18(32-17)20(33)30-15-3-6-19(35-11-15)21(34)31-16-7-12(8-16)10-36-23(27,28)29/h1-2,4-5,9,12,15-16,19H,3,6-8,10-11H2,(H,30,33)(H,31,34)/t12-,15-,16-,19+/m0/s1. The Morgan fingerprint density at radius 3 is 2.39 bits per heavy atom. The maximum absolute atomic E-state index is 12.9. The topological polar surface area (TPSA) is 89.6 Å². The average molecular weight is 519 g/mol. The van der Waals surface area contributed by atoms with E-state index in [-0.39, 0.29) is 47.1 Å². The van der Waals surface area contributed by atoms with Crippen molar-refractivity contribution in [3.05, 3.63) is 41.6 Å². The number of halogens is 6. The Hall–Kier alpha value is -2.93. The summed E-state index contributed by atoms with van der Waals surface area (Å²) in [5.41, 5.74) is -0.522. The van der Waals surface area contributed by atoms with Crippen molar-refractivity contribution in [3.63, 3.8) is 0 Å². The van der Waals surface area contributed by atoms with Crippen LogP contribution in [0, 0.1) is 5.92 Å². The van der Waals surface area contributed by atoms with E-state index < -0.39 is 36.7 Å². The zero-order valence-electron chi connectivity index (χ0n) is 18.8. The fourth-order valence-electron chi connectivity index (χ4n) is 4.26. The number of hydrogen-bond acceptors (Lipinski definition) is 5. The number of alkyl halides is 6. The zero-order chi connectivity index (χ0) is 26.1. The first-order chi connectivity index (χ1) is 16.9. The lowest BCUT2D eigenvalue weighted by molar-refractivity contribution is -0.330. The summed E-state index contributed by atoms with van der Waals surface area (Å²) >= 11 is 0. The number of amides is 2. The quantitative estimate of drug-likeness (QED) is 0.564. The van der Waals surface area contributed by atoms with Crippen LogP contribution in [0.3, 0.4) is 0 Å². The Morgan fingerprint density at radius 2 is 1.75 bits per heavy atom. The van der Waals surface area contributed by atoms with E-state index in [1.54, 1.807) is 0 Å². The second kappa shape index (κ2) is 10.2. The van der Waals surface area contributed by atoms with Crippen LogP contribution >= 0.6 is 0 Å². The van der Waals surface area contributed by atoms with Gasteiger partial charge in [0.15, 0.2) is 0 Å². The van der Waals surface area contributed by atoms with E-state index >= 15 is 0 Å². The van der Waals surface area contributed by atoms with Crippen molar-refractivity contribution in [1.82, 2.24) is 15.6 Å². The fraction of sp³-hybridized carbons (Fsp3) is 0.522. The van der Waals surface area contributed by atoms with Gasteiger partial charge in [-0.3, -0.25) is 14.3 Å². The third kappa shape index (κ3) is 6.64. The average Bonchev–Trinajstić information content (AvgIpc) is 2.78. The van der Waals surface area contributed by atoms with Gasteiger partial charge < -0.3 is 15.4 Å². The number of benzene rings is 1. The van der Waals surface area contributed by atoms with Crippen LogP contribution in [-0.4, -0.2) is 54.6 Å². The maximum Gasteiger partial charge on any atom is 0.522 e. The Bertz CT molecular complexity index is 1110. The van der Waals surface area contributed by atoms with Gasteiger partial charge in [-0.05, 0) is 55.9 Å². The normalized spacial score (nSPS) is 24.7. The monoisotopic (exact) mass is 519 g/mol. The second-order valence-corrected chi connectivity index (χ2v) is 8.97. The summed E-state index contributed by atoms with van der Waals surface area (Å²) in [6, 6.07) is 5.18. The Balaban J connectivity index is 1.21. The van der Waals surface area contributed by atoms with Crippen molar-refractivity contribution in [2.45, 2.75) is 56.4 Å². The lowest BCUT2D eigenvalue weighted by atomic mass is 9.80. The highest BCUT2D eigenvalue weighted by Gasteiger charge is 2.37. The molecule has 2 amide bonds. The molecule has 1 aliphatic heterocycles. The highest BCUT2D eigenvalue weighted by molar-refractivity contribution is 5.95. The lowest BCUT2D eigenvalue weighted by Crippen LogP contribution is -2.52. The number of pyridine rings is 1. The smallest absolute Gasteiger partial charge is 0.366 e. The molecule has 0 spiro atoms. The van der Waals surface area contributed by atoms with Gasteiger partial charge in [-0.25, -0.2) is 4.98 Å². The minimum absolute atomic E-state index is 0.0381. The molecule has 1 aliphatic carbocycles. The van der Waals surface area contributed by atoms with Crippen LogP contribution in [-0.2, 0) is 20.4 Å². The molecule has 2 aromatic rings. The number of hydrogen-bond donors (Lipinski definition) is 2. The molecule has 2 atom stereocenters. The number of carbonyl (C=O) groups excluding carboxylic acids is 2. The number of rotatable bonds is 6. The van der Waals surface area contributed by atoms with E-state index in [1.807, 2.05) is 0 Å². The SMILES string of the molecule is O=C(N[C@H]1CC[C@H](C(=O)N[C@H]2C[C@H](COC(F)(F)F)C2)OC1)c1ccc2cc(C(F)(F)F)ccc2n1. The number of fused-ring (bicyclic) bond motifs is 1. The summed E-state index contributed by atoms with van der Waals surface area (Å²) in [5, 5.41) is 5.75. The Morgan fingerprint density at radius 1 is 1.00 bits per heavy atom. The molecule has 7 nitrogen and oxygen atoms in total. The number of nitrogens with one attached hydrogen (secondary N) is 2. The molecule has 2 fully saturated rings. The molecule has 4 rings (SSSR count). The summed E-state index contributed by atoms with van der Waals surface area (Å²) < 4.78 is 84.2. The zero-order valence-corrected chi connectivity index (χ0v) is 18.8. The first-order valence-corrected chi connectivity index (χ1v) is 11.3. The van der Waals surface area contributed by atoms with Crippen LogP contribution in [0.4, 0.5) is 26.3 Å². The molecule has 1 aromatic carbocycles. The molecular formula is C23H23F6N3O4. The van der Waals surface area contributed by atoms with E-state index in [9.17, 15) is 35.9 Å². The molecule has 36 heavy (non-hydrogen) atoms. The summed E-state index contributed by atoms with van der Waals surface area (Å²) in [5.74, 6) is -1.14. The Kier molecular flexibility index (Phi) is 7.41. The van der Waals surface area contributed by atoms with Gasteiger partial charge in [0, 0.05) is 11.4 Å². The number of ether oxygens (including phenoxy) is 2. The van der Waals surface area contributed by atoms with Gasteiger partial charge in [-0.1, -0.05) is 6.07 Å². The first kappa shape index (κ1) is 26.1. The van der Waals surface area contributed by atoms with Crippen LogP contribution in [0.2, 0.25) is 0 Å². The van der Waals surface area contributed by atoms with Crippen LogP contribution in [0.5, 0.6) is 0 Å². The van der Waals surface area contributed by atoms with Gasteiger partial charge in [0.1, 0.15) is 11.8 Å². The van der Waals surface area contributed by atoms with Crippen molar-refractivity contribution in [2.75, 3.05) is 13.2 Å². The lowest BCUT2D eigenvalue weighted by Gasteiger charge is -2.37. The van der Waals surface area contributed by atoms with Crippen LogP contribution < -0.4 is 10.6 Å². The molecule has 2 N–H and O–H groups in total. The molecule has 13 heteroatoms. The number of aromatic nitrogens is 1. The van der Waals surface area contributed by atoms with E-state index in [2.05, 4.69) is 20.4 Å². The summed E-state index contributed by atoms with van der Waals surface area (Å²) in [7, 11) is 0. The van der Waals surface area contributed by atoms with Gasteiger partial charge in [0.2, 0.25) is 5.91 Å². The predicted octanol–water partition coefficient (Wildman–Crippen LogP) is 3.96. The summed E-state index contributed by atoms with van der Waals surface area (Å²) in [6.45, 7) is -0.364. The van der Waals surface area contributed by atoms with Gasteiger partial charge in [-0.2, -0.15) is 13.2 Å². The van der Waals surface area contributed by atoms with Crippen molar-refractivity contribution < 1.29 is 45.4 Å². The van der Waals surface area contributed by atoms with Crippen molar-refractivity contribution in [3.8, 4) is 0 Å². The molecule has 0 radical (unpaired) electrons. The highest BCUT2D eigenvalue weighted by atomic mass is 19.4. The minimum Gasteiger partial charge on any atom is -0.366 e. The van der Waals surface area contributed by atoms with Crippen LogP contribution in [0.25, 0.3) is 10.9 Å². The summed E-state index contributed by atoms with van der Waals surface area (Å²) in [4.78, 5) is 29.1. The van der Waals surface area contributed by atoms with Gasteiger partial charge in [-0.15, -0.1) is 13.2 Å². The van der Waals surface area contributed by atoms with Crippen molar-refractivity contribution >= 4 is 22.7 Å². The molecule has 1 saturated heterocycles. The van der Waals surface area contributed by atoms with Gasteiger partial charge in [0.25, 0.3) is 5.91 Å². The van der Waals surface area contributed by atoms with E-state index in [4.69, 9.17) is 4.74 Å². The van der Waals surface area contributed by atoms with Crippen molar-refractivity contribution in [1.29, 1.82) is 0 Å². The molecule has 2 aliphatic rings. The first-order valence-electron chi connectivity index (χ1n) is 11.3. The number of carbonyl (C=O) groups is 2. The maximum atomic E-state index is 12.9. The predicted molar refractivity (Wildman–Crippen MR) is 114 cm³/mol.